The molecule has 4 heteroatoms. The summed E-state index contributed by atoms with van der Waals surface area (Å²) in [5.74, 6) is 0. The summed E-state index contributed by atoms with van der Waals surface area (Å²) in [6.45, 7) is 7.62. The molecule has 0 saturated carbocycles. The molecule has 0 aliphatic heterocycles. The molecule has 0 saturated heterocycles. The first-order chi connectivity index (χ1) is 8.63. The van der Waals surface area contributed by atoms with Crippen molar-refractivity contribution in [1.29, 1.82) is 0 Å². The highest BCUT2D eigenvalue weighted by Crippen LogP contribution is 2.36. The Balaban J connectivity index is 2.33. The number of halogens is 1. The lowest BCUT2D eigenvalue weighted by Gasteiger charge is -2.17. The average molecular weight is 344 g/mol. The maximum Gasteiger partial charge on any atom is 0.0731 e. The highest BCUT2D eigenvalue weighted by Gasteiger charge is 2.19. The monoisotopic (exact) mass is 343 g/mol. The van der Waals surface area contributed by atoms with Crippen LogP contribution in [0.3, 0.4) is 0 Å². The number of hydrogen-bond acceptors (Lipinski definition) is 3. The fraction of sp³-hybridized carbons (Fsp3) is 0.429. The quantitative estimate of drug-likeness (QED) is 0.778. The Kier molecular flexibility index (Phi) is 5.01. The van der Waals surface area contributed by atoms with Gasteiger partial charge in [0.1, 0.15) is 0 Å². The zero-order chi connectivity index (χ0) is 13.1. The van der Waals surface area contributed by atoms with Crippen LogP contribution in [0, 0.1) is 13.8 Å². The highest BCUT2D eigenvalue weighted by molar-refractivity contribution is 9.11. The van der Waals surface area contributed by atoms with Gasteiger partial charge in [-0.15, -0.1) is 22.7 Å². The minimum Gasteiger partial charge on any atom is -0.306 e. The second-order valence-electron chi connectivity index (χ2n) is 4.42. The summed E-state index contributed by atoms with van der Waals surface area (Å²) in [7, 11) is 0. The van der Waals surface area contributed by atoms with Crippen LogP contribution in [0.1, 0.15) is 40.3 Å². The number of aryl methyl sites for hydroxylation is 2. The summed E-state index contributed by atoms with van der Waals surface area (Å²) in [6, 6.07) is 4.88. The molecular weight excluding hydrogens is 326 g/mol. The summed E-state index contributed by atoms with van der Waals surface area (Å²) in [5, 5.41) is 5.85. The van der Waals surface area contributed by atoms with Crippen molar-refractivity contribution in [2.75, 3.05) is 6.54 Å². The molecule has 1 N–H and O–H groups in total. The Bertz CT molecular complexity index is 496. The van der Waals surface area contributed by atoms with Crippen LogP contribution in [-0.4, -0.2) is 6.54 Å². The molecule has 0 aromatic carbocycles. The van der Waals surface area contributed by atoms with Crippen molar-refractivity contribution in [1.82, 2.24) is 5.32 Å². The van der Waals surface area contributed by atoms with Crippen LogP contribution >= 0.6 is 38.6 Å². The molecule has 98 valence electrons. The van der Waals surface area contributed by atoms with Gasteiger partial charge in [-0.1, -0.05) is 6.92 Å². The van der Waals surface area contributed by atoms with Gasteiger partial charge in [0.25, 0.3) is 0 Å². The molecule has 0 spiro atoms. The van der Waals surface area contributed by atoms with Gasteiger partial charge >= 0.3 is 0 Å². The smallest absolute Gasteiger partial charge is 0.0731 e. The number of nitrogens with one attached hydrogen (secondary N) is 1. The minimum atomic E-state index is 0.339. The van der Waals surface area contributed by atoms with Crippen molar-refractivity contribution < 1.29 is 0 Å². The van der Waals surface area contributed by atoms with Crippen LogP contribution < -0.4 is 5.32 Å². The fourth-order valence-corrected chi connectivity index (χ4v) is 4.38. The van der Waals surface area contributed by atoms with E-state index in [1.54, 1.807) is 0 Å². The van der Waals surface area contributed by atoms with Gasteiger partial charge in [-0.3, -0.25) is 0 Å². The SMILES string of the molecule is CCCNC(c1cc(C)c(Br)s1)c1ccsc1C. The Hall–Kier alpha value is -0.160. The fourth-order valence-electron chi connectivity index (χ4n) is 1.97. The topological polar surface area (TPSA) is 12.0 Å². The van der Waals surface area contributed by atoms with Crippen LogP contribution in [-0.2, 0) is 0 Å². The molecule has 1 atom stereocenters. The summed E-state index contributed by atoms with van der Waals surface area (Å²) in [4.78, 5) is 2.81. The summed E-state index contributed by atoms with van der Waals surface area (Å²) in [6.07, 6.45) is 1.16. The van der Waals surface area contributed by atoms with E-state index < -0.39 is 0 Å². The van der Waals surface area contributed by atoms with Gasteiger partial charge in [0, 0.05) is 9.75 Å². The maximum absolute atomic E-state index is 3.67. The van der Waals surface area contributed by atoms with E-state index >= 15 is 0 Å². The summed E-state index contributed by atoms with van der Waals surface area (Å²) >= 11 is 7.29. The first-order valence-corrected chi connectivity index (χ1v) is 8.65. The summed E-state index contributed by atoms with van der Waals surface area (Å²) in [5.41, 5.74) is 2.74. The molecular formula is C14H18BrNS2. The molecule has 0 aliphatic carbocycles. The van der Waals surface area contributed by atoms with E-state index in [-0.39, 0.29) is 0 Å². The predicted molar refractivity (Wildman–Crippen MR) is 85.9 cm³/mol. The second kappa shape index (κ2) is 6.33. The minimum absolute atomic E-state index is 0.339. The van der Waals surface area contributed by atoms with Crippen LogP contribution in [0.15, 0.2) is 21.3 Å². The van der Waals surface area contributed by atoms with Crippen LogP contribution in [0.4, 0.5) is 0 Å². The first kappa shape index (κ1) is 14.3. The summed E-state index contributed by atoms with van der Waals surface area (Å²) < 4.78 is 1.24. The molecule has 0 bridgehead atoms. The number of rotatable bonds is 5. The van der Waals surface area contributed by atoms with Gasteiger partial charge in [-0.2, -0.15) is 0 Å². The Labute approximate surface area is 125 Å². The number of thiophene rings is 2. The van der Waals surface area contributed by atoms with Gasteiger partial charge in [0.05, 0.1) is 9.83 Å². The standard InChI is InChI=1S/C14H18BrNS2/c1-4-6-16-13(11-5-7-17-10(11)3)12-8-9(2)14(15)18-12/h5,7-8,13,16H,4,6H2,1-3H3. The first-order valence-electron chi connectivity index (χ1n) is 6.16. The van der Waals surface area contributed by atoms with Crippen LogP contribution in [0.2, 0.25) is 0 Å². The Morgan fingerprint density at radius 2 is 2.17 bits per heavy atom. The average Bonchev–Trinajstić information content (AvgIpc) is 2.88. The van der Waals surface area contributed by atoms with E-state index in [0.29, 0.717) is 6.04 Å². The van der Waals surface area contributed by atoms with Crippen molar-refractivity contribution in [3.63, 3.8) is 0 Å². The van der Waals surface area contributed by atoms with E-state index in [4.69, 9.17) is 0 Å². The van der Waals surface area contributed by atoms with Crippen LogP contribution in [0.25, 0.3) is 0 Å². The van der Waals surface area contributed by atoms with Gasteiger partial charge in [-0.05, 0) is 71.4 Å². The van der Waals surface area contributed by atoms with Crippen molar-refractivity contribution in [2.24, 2.45) is 0 Å². The third-order valence-electron chi connectivity index (χ3n) is 2.97. The van der Waals surface area contributed by atoms with Gasteiger partial charge < -0.3 is 5.32 Å². The van der Waals surface area contributed by atoms with Gasteiger partial charge in [0.2, 0.25) is 0 Å². The molecule has 18 heavy (non-hydrogen) atoms. The van der Waals surface area contributed by atoms with Gasteiger partial charge in [-0.25, -0.2) is 0 Å². The molecule has 1 nitrogen and oxygen atoms in total. The zero-order valence-electron chi connectivity index (χ0n) is 10.9. The molecule has 0 radical (unpaired) electrons. The molecule has 0 aliphatic rings. The zero-order valence-corrected chi connectivity index (χ0v) is 14.1. The van der Waals surface area contributed by atoms with E-state index in [2.05, 4.69) is 59.5 Å². The van der Waals surface area contributed by atoms with Crippen LogP contribution in [0.5, 0.6) is 0 Å². The van der Waals surface area contributed by atoms with Crippen molar-refractivity contribution in [2.45, 2.75) is 33.2 Å². The van der Waals surface area contributed by atoms with E-state index in [1.165, 1.54) is 24.7 Å². The third kappa shape index (κ3) is 3.05. The van der Waals surface area contributed by atoms with E-state index in [1.807, 2.05) is 22.7 Å². The van der Waals surface area contributed by atoms with Crippen molar-refractivity contribution >= 4 is 38.6 Å². The normalized spacial score (nSPS) is 12.9. The van der Waals surface area contributed by atoms with Crippen molar-refractivity contribution in [3.05, 3.63) is 42.2 Å². The lowest BCUT2D eigenvalue weighted by molar-refractivity contribution is 0.605. The highest BCUT2D eigenvalue weighted by atomic mass is 79.9. The molecule has 0 amide bonds. The maximum atomic E-state index is 3.67. The number of hydrogen-bond donors (Lipinski definition) is 1. The molecule has 0 fully saturated rings. The molecule has 2 rings (SSSR count). The molecule has 1 unspecified atom stereocenters. The van der Waals surface area contributed by atoms with Gasteiger partial charge in [0.15, 0.2) is 0 Å². The molecule has 2 aromatic heterocycles. The second-order valence-corrected chi connectivity index (χ2v) is 7.95. The van der Waals surface area contributed by atoms with E-state index in [9.17, 15) is 0 Å². The van der Waals surface area contributed by atoms with Crippen molar-refractivity contribution in [3.8, 4) is 0 Å². The lowest BCUT2D eigenvalue weighted by atomic mass is 10.1. The third-order valence-corrected chi connectivity index (χ3v) is 6.03. The van der Waals surface area contributed by atoms with E-state index in [0.717, 1.165) is 13.0 Å². The Morgan fingerprint density at radius 3 is 2.67 bits per heavy atom. The lowest BCUT2D eigenvalue weighted by Crippen LogP contribution is -2.22. The molecule has 2 aromatic rings. The Morgan fingerprint density at radius 1 is 1.39 bits per heavy atom. The largest absolute Gasteiger partial charge is 0.306 e. The molecule has 2 heterocycles. The predicted octanol–water partition coefficient (Wildman–Crippen LogP) is 5.28.